The third kappa shape index (κ3) is 4.58. The van der Waals surface area contributed by atoms with Crippen molar-refractivity contribution in [2.24, 2.45) is 0 Å². The first-order valence-corrected chi connectivity index (χ1v) is 6.71. The van der Waals surface area contributed by atoms with Crippen LogP contribution in [0.1, 0.15) is 12.5 Å². The van der Waals surface area contributed by atoms with E-state index in [1.807, 2.05) is 23.9 Å². The van der Waals surface area contributed by atoms with Gasteiger partial charge in [0.15, 0.2) is 0 Å². The molecule has 15 heavy (non-hydrogen) atoms. The molecular formula is C12H20N2S. The standard InChI is InChI=1S/C12H20N2S/c1-3-14(7-8-15-2)10-11-5-4-6-12(13)9-11/h4-6,9H,3,7-8,10,13H2,1-2H3. The highest BCUT2D eigenvalue weighted by Crippen LogP contribution is 2.09. The lowest BCUT2D eigenvalue weighted by atomic mass is 10.2. The van der Waals surface area contributed by atoms with E-state index in [1.54, 1.807) is 0 Å². The molecule has 0 saturated carbocycles. The summed E-state index contributed by atoms with van der Waals surface area (Å²) >= 11 is 1.89. The summed E-state index contributed by atoms with van der Waals surface area (Å²) in [6.45, 7) is 5.44. The largest absolute Gasteiger partial charge is 0.399 e. The quantitative estimate of drug-likeness (QED) is 0.753. The van der Waals surface area contributed by atoms with E-state index in [4.69, 9.17) is 5.73 Å². The molecule has 0 spiro atoms. The van der Waals surface area contributed by atoms with Gasteiger partial charge in [-0.25, -0.2) is 0 Å². The molecule has 1 aromatic rings. The summed E-state index contributed by atoms with van der Waals surface area (Å²) in [7, 11) is 0. The van der Waals surface area contributed by atoms with E-state index in [2.05, 4.69) is 30.2 Å². The molecule has 0 radical (unpaired) electrons. The number of thioether (sulfide) groups is 1. The number of nitrogens with zero attached hydrogens (tertiary/aromatic N) is 1. The molecule has 0 aromatic heterocycles. The van der Waals surface area contributed by atoms with Crippen LogP contribution in [-0.4, -0.2) is 30.0 Å². The Bertz CT molecular complexity index is 289. The Labute approximate surface area is 96.8 Å². The summed E-state index contributed by atoms with van der Waals surface area (Å²) in [6, 6.07) is 8.15. The summed E-state index contributed by atoms with van der Waals surface area (Å²) in [5.41, 5.74) is 7.91. The van der Waals surface area contributed by atoms with Crippen LogP contribution in [0.2, 0.25) is 0 Å². The van der Waals surface area contributed by atoms with Gasteiger partial charge in [0, 0.05) is 24.5 Å². The first-order valence-electron chi connectivity index (χ1n) is 5.32. The Morgan fingerprint density at radius 2 is 2.20 bits per heavy atom. The number of nitrogens with two attached hydrogens (primary N) is 1. The van der Waals surface area contributed by atoms with Crippen molar-refractivity contribution in [1.82, 2.24) is 4.90 Å². The van der Waals surface area contributed by atoms with Crippen molar-refractivity contribution in [2.75, 3.05) is 30.8 Å². The van der Waals surface area contributed by atoms with Crippen LogP contribution in [0.5, 0.6) is 0 Å². The fraction of sp³-hybridized carbons (Fsp3) is 0.500. The van der Waals surface area contributed by atoms with Crippen molar-refractivity contribution in [2.45, 2.75) is 13.5 Å². The molecule has 0 aliphatic carbocycles. The van der Waals surface area contributed by atoms with Crippen molar-refractivity contribution in [3.05, 3.63) is 29.8 Å². The molecule has 3 heteroatoms. The van der Waals surface area contributed by atoms with E-state index in [1.165, 1.54) is 11.3 Å². The van der Waals surface area contributed by atoms with E-state index in [-0.39, 0.29) is 0 Å². The third-order valence-electron chi connectivity index (χ3n) is 2.42. The number of nitrogen functional groups attached to an aromatic ring is 1. The zero-order chi connectivity index (χ0) is 11.1. The van der Waals surface area contributed by atoms with Crippen LogP contribution in [-0.2, 0) is 6.54 Å². The molecule has 0 saturated heterocycles. The zero-order valence-electron chi connectivity index (χ0n) is 9.57. The Morgan fingerprint density at radius 3 is 2.80 bits per heavy atom. The van der Waals surface area contributed by atoms with E-state index < -0.39 is 0 Å². The summed E-state index contributed by atoms with van der Waals surface area (Å²) in [4.78, 5) is 2.44. The number of hydrogen-bond acceptors (Lipinski definition) is 3. The van der Waals surface area contributed by atoms with Gasteiger partial charge < -0.3 is 5.73 Å². The highest BCUT2D eigenvalue weighted by molar-refractivity contribution is 7.98. The molecule has 0 aliphatic rings. The lowest BCUT2D eigenvalue weighted by molar-refractivity contribution is 0.298. The molecule has 1 rings (SSSR count). The Balaban J connectivity index is 2.50. The van der Waals surface area contributed by atoms with Gasteiger partial charge in [-0.3, -0.25) is 4.90 Å². The van der Waals surface area contributed by atoms with Crippen molar-refractivity contribution in [3.63, 3.8) is 0 Å². The Kier molecular flexibility index (Phi) is 5.58. The van der Waals surface area contributed by atoms with Crippen LogP contribution in [0.15, 0.2) is 24.3 Å². The predicted octanol–water partition coefficient (Wildman–Crippen LogP) is 2.45. The van der Waals surface area contributed by atoms with Gasteiger partial charge in [-0.1, -0.05) is 19.1 Å². The molecule has 0 atom stereocenters. The smallest absolute Gasteiger partial charge is 0.0317 e. The van der Waals surface area contributed by atoms with Crippen molar-refractivity contribution >= 4 is 17.4 Å². The minimum absolute atomic E-state index is 0.855. The lowest BCUT2D eigenvalue weighted by Crippen LogP contribution is -2.25. The first-order chi connectivity index (χ1) is 7.26. The van der Waals surface area contributed by atoms with E-state index >= 15 is 0 Å². The minimum atomic E-state index is 0.855. The Morgan fingerprint density at radius 1 is 1.40 bits per heavy atom. The van der Waals surface area contributed by atoms with Gasteiger partial charge >= 0.3 is 0 Å². The average molecular weight is 224 g/mol. The number of benzene rings is 1. The number of hydrogen-bond donors (Lipinski definition) is 1. The second kappa shape index (κ2) is 6.75. The molecule has 0 amide bonds. The lowest BCUT2D eigenvalue weighted by Gasteiger charge is -2.19. The van der Waals surface area contributed by atoms with Gasteiger partial charge in [-0.05, 0) is 30.5 Å². The normalized spacial score (nSPS) is 10.9. The molecule has 1 aromatic carbocycles. The summed E-state index contributed by atoms with van der Waals surface area (Å²) in [5, 5.41) is 0. The number of anilines is 1. The first kappa shape index (κ1) is 12.4. The minimum Gasteiger partial charge on any atom is -0.399 e. The second-order valence-electron chi connectivity index (χ2n) is 3.61. The summed E-state index contributed by atoms with van der Waals surface area (Å²) < 4.78 is 0. The van der Waals surface area contributed by atoms with Gasteiger partial charge in [0.2, 0.25) is 0 Å². The van der Waals surface area contributed by atoms with Gasteiger partial charge in [-0.15, -0.1) is 0 Å². The molecule has 0 aliphatic heterocycles. The SMILES string of the molecule is CCN(CCSC)Cc1cccc(N)c1. The van der Waals surface area contributed by atoms with Crippen molar-refractivity contribution < 1.29 is 0 Å². The zero-order valence-corrected chi connectivity index (χ0v) is 10.4. The van der Waals surface area contributed by atoms with Gasteiger partial charge in [0.1, 0.15) is 0 Å². The maximum absolute atomic E-state index is 5.75. The van der Waals surface area contributed by atoms with Crippen LogP contribution >= 0.6 is 11.8 Å². The van der Waals surface area contributed by atoms with Crippen LogP contribution in [0.25, 0.3) is 0 Å². The topological polar surface area (TPSA) is 29.3 Å². The summed E-state index contributed by atoms with van der Waals surface area (Å²) in [5.74, 6) is 1.19. The molecular weight excluding hydrogens is 204 g/mol. The van der Waals surface area contributed by atoms with E-state index in [0.717, 1.165) is 25.3 Å². The second-order valence-corrected chi connectivity index (χ2v) is 4.59. The van der Waals surface area contributed by atoms with Gasteiger partial charge in [0.25, 0.3) is 0 Å². The van der Waals surface area contributed by atoms with Crippen LogP contribution in [0.3, 0.4) is 0 Å². The summed E-state index contributed by atoms with van der Waals surface area (Å²) in [6.07, 6.45) is 2.15. The fourth-order valence-electron chi connectivity index (χ4n) is 1.52. The fourth-order valence-corrected chi connectivity index (χ4v) is 1.96. The van der Waals surface area contributed by atoms with Crippen LogP contribution < -0.4 is 5.73 Å². The maximum atomic E-state index is 5.75. The van der Waals surface area contributed by atoms with E-state index in [9.17, 15) is 0 Å². The highest BCUT2D eigenvalue weighted by Gasteiger charge is 2.02. The molecule has 2 nitrogen and oxygen atoms in total. The van der Waals surface area contributed by atoms with Crippen molar-refractivity contribution in [3.8, 4) is 0 Å². The van der Waals surface area contributed by atoms with Gasteiger partial charge in [-0.2, -0.15) is 11.8 Å². The molecule has 0 unspecified atom stereocenters. The Hall–Kier alpha value is -0.670. The molecule has 84 valence electrons. The molecule has 0 bridgehead atoms. The molecule has 0 heterocycles. The third-order valence-corrected chi connectivity index (χ3v) is 3.01. The van der Waals surface area contributed by atoms with Crippen LogP contribution in [0, 0.1) is 0 Å². The predicted molar refractivity (Wildman–Crippen MR) is 70.2 cm³/mol. The maximum Gasteiger partial charge on any atom is 0.0317 e. The average Bonchev–Trinajstić information content (AvgIpc) is 2.24. The number of rotatable bonds is 6. The molecule has 0 fully saturated rings. The highest BCUT2D eigenvalue weighted by atomic mass is 32.2. The van der Waals surface area contributed by atoms with Gasteiger partial charge in [0.05, 0.1) is 0 Å². The molecule has 2 N–H and O–H groups in total. The van der Waals surface area contributed by atoms with Crippen LogP contribution in [0.4, 0.5) is 5.69 Å². The van der Waals surface area contributed by atoms with Crippen molar-refractivity contribution in [1.29, 1.82) is 0 Å². The monoisotopic (exact) mass is 224 g/mol. The van der Waals surface area contributed by atoms with E-state index in [0.29, 0.717) is 0 Å².